The molecule has 4 heterocycles. The highest BCUT2D eigenvalue weighted by Crippen LogP contribution is 2.49. The molecule has 6 rings (SSSR count). The summed E-state index contributed by atoms with van der Waals surface area (Å²) in [7, 11) is -1.20. The Labute approximate surface area is 272 Å². The second kappa shape index (κ2) is 13.8. The normalized spacial score (nSPS) is 15.6. The molecule has 2 aliphatic rings. The molecule has 0 bridgehead atoms. The van der Waals surface area contributed by atoms with E-state index in [0.29, 0.717) is 42.1 Å². The van der Waals surface area contributed by atoms with Gasteiger partial charge >= 0.3 is 5.97 Å². The van der Waals surface area contributed by atoms with Crippen LogP contribution in [0.15, 0.2) is 29.3 Å². The SMILES string of the molecule is CCOC(=O)c1nc(N2CCCc3c2nnc(/N=c2\sc4ccccc4n2COCC[Si](C)(C)C)c3C2CC2)sc1CCCO. The van der Waals surface area contributed by atoms with Crippen molar-refractivity contribution >= 4 is 63.7 Å². The van der Waals surface area contributed by atoms with Gasteiger partial charge in [-0.25, -0.2) is 9.78 Å². The van der Waals surface area contributed by atoms with Gasteiger partial charge in [-0.05, 0) is 69.5 Å². The maximum absolute atomic E-state index is 12.8. The second-order valence-electron chi connectivity index (χ2n) is 12.8. The summed E-state index contributed by atoms with van der Waals surface area (Å²) in [6, 6.07) is 9.48. The number of carbonyl (C=O) groups is 1. The second-order valence-corrected chi connectivity index (χ2v) is 20.5. The van der Waals surface area contributed by atoms with Gasteiger partial charge in [0.05, 0.1) is 16.8 Å². The summed E-state index contributed by atoms with van der Waals surface area (Å²) in [5.41, 5.74) is 3.82. The molecule has 45 heavy (non-hydrogen) atoms. The van der Waals surface area contributed by atoms with Crippen molar-refractivity contribution in [1.82, 2.24) is 19.7 Å². The Kier molecular flexibility index (Phi) is 9.81. The van der Waals surface area contributed by atoms with E-state index in [2.05, 4.69) is 53.4 Å². The van der Waals surface area contributed by atoms with E-state index in [-0.39, 0.29) is 13.2 Å². The molecule has 0 unspecified atom stereocenters. The maximum atomic E-state index is 12.8. The fourth-order valence-corrected chi connectivity index (χ4v) is 8.49. The number of hydrogen-bond donors (Lipinski definition) is 1. The van der Waals surface area contributed by atoms with Crippen LogP contribution in [0.2, 0.25) is 25.7 Å². The third kappa shape index (κ3) is 7.22. The highest BCUT2D eigenvalue weighted by molar-refractivity contribution is 7.16. The molecule has 1 saturated carbocycles. The van der Waals surface area contributed by atoms with Gasteiger partial charge in [-0.3, -0.25) is 4.57 Å². The number of anilines is 2. The molecule has 13 heteroatoms. The van der Waals surface area contributed by atoms with Gasteiger partial charge in [0.2, 0.25) is 0 Å². The third-order valence-corrected chi connectivity index (χ3v) is 12.0. The molecule has 0 radical (unpaired) electrons. The molecule has 3 aromatic heterocycles. The highest BCUT2D eigenvalue weighted by Gasteiger charge is 2.35. The molecule has 0 spiro atoms. The van der Waals surface area contributed by atoms with Crippen molar-refractivity contribution in [2.75, 3.05) is 31.3 Å². The van der Waals surface area contributed by atoms with Crippen LogP contribution >= 0.6 is 22.7 Å². The zero-order chi connectivity index (χ0) is 31.6. The van der Waals surface area contributed by atoms with Crippen LogP contribution in [0, 0.1) is 0 Å². The fourth-order valence-electron chi connectivity index (χ4n) is 5.60. The molecule has 4 aromatic rings. The van der Waals surface area contributed by atoms with Crippen molar-refractivity contribution < 1.29 is 19.4 Å². The number of nitrogens with zero attached hydrogens (tertiary/aromatic N) is 6. The molecule has 10 nitrogen and oxygen atoms in total. The minimum atomic E-state index is -1.20. The summed E-state index contributed by atoms with van der Waals surface area (Å²) in [5.74, 6) is 1.48. The first-order valence-corrected chi connectivity index (χ1v) is 21.3. The number of rotatable bonds is 13. The number of aliphatic hydroxyl groups excluding tert-OH is 1. The van der Waals surface area contributed by atoms with Crippen molar-refractivity contribution in [3.05, 3.63) is 50.8 Å². The molecule has 0 atom stereocenters. The molecular formula is C32H42N6O4S2Si. The molecule has 1 aliphatic carbocycles. The molecule has 1 fully saturated rings. The van der Waals surface area contributed by atoms with E-state index in [9.17, 15) is 9.90 Å². The van der Waals surface area contributed by atoms with E-state index >= 15 is 0 Å². The fraction of sp³-hybridized carbons (Fsp3) is 0.531. The smallest absolute Gasteiger partial charge is 0.358 e. The van der Waals surface area contributed by atoms with Gasteiger partial charge < -0.3 is 19.5 Å². The molecule has 240 valence electrons. The standard InChI is InChI=1S/C32H42N6O4S2Si/c1-5-42-30(40)27-25(13-9-17-39)44-31(33-27)37-16-8-10-22-26(21-14-15-21)28(35-36-29(22)37)34-32-38(20-41-18-19-45(2,3)4)23-11-6-7-12-24(23)43-32/h6-7,11-12,21,39H,5,8-10,13-20H2,1-4H3/b34-32-. The lowest BCUT2D eigenvalue weighted by Gasteiger charge is -2.29. The van der Waals surface area contributed by atoms with Crippen molar-refractivity contribution in [2.45, 2.75) is 83.8 Å². The first kappa shape index (κ1) is 32.0. The van der Waals surface area contributed by atoms with Crippen molar-refractivity contribution in [1.29, 1.82) is 0 Å². The van der Waals surface area contributed by atoms with E-state index in [1.165, 1.54) is 22.5 Å². The number of para-hydroxylation sites is 1. The lowest BCUT2D eigenvalue weighted by Crippen LogP contribution is -2.27. The first-order chi connectivity index (χ1) is 21.8. The van der Waals surface area contributed by atoms with Gasteiger partial charge in [-0.1, -0.05) is 43.1 Å². The Morgan fingerprint density at radius 2 is 2.00 bits per heavy atom. The number of thiazole rings is 2. The Bertz CT molecular complexity index is 1740. The monoisotopic (exact) mass is 666 g/mol. The van der Waals surface area contributed by atoms with Gasteiger partial charge in [0.1, 0.15) is 6.73 Å². The Hall–Kier alpha value is -2.97. The Morgan fingerprint density at radius 3 is 2.76 bits per heavy atom. The lowest BCUT2D eigenvalue weighted by molar-refractivity contribution is 0.0519. The summed E-state index contributed by atoms with van der Waals surface area (Å²) < 4.78 is 14.8. The summed E-state index contributed by atoms with van der Waals surface area (Å²) >= 11 is 3.13. The van der Waals surface area contributed by atoms with Crippen LogP contribution in [-0.2, 0) is 29.0 Å². The minimum absolute atomic E-state index is 0.0505. The van der Waals surface area contributed by atoms with Gasteiger partial charge in [-0.2, -0.15) is 4.99 Å². The largest absolute Gasteiger partial charge is 0.461 e. The van der Waals surface area contributed by atoms with Crippen molar-refractivity contribution in [2.24, 2.45) is 4.99 Å². The number of aliphatic hydroxyl groups is 1. The Morgan fingerprint density at radius 1 is 1.18 bits per heavy atom. The third-order valence-electron chi connectivity index (χ3n) is 8.08. The Balaban J connectivity index is 1.38. The van der Waals surface area contributed by atoms with Crippen LogP contribution in [-0.4, -0.2) is 65.3 Å². The van der Waals surface area contributed by atoms with Crippen LogP contribution in [0.1, 0.15) is 65.0 Å². The van der Waals surface area contributed by atoms with Crippen LogP contribution in [0.25, 0.3) is 10.2 Å². The quantitative estimate of drug-likeness (QED) is 0.0970. The number of carbonyl (C=O) groups excluding carboxylic acids is 1. The van der Waals surface area contributed by atoms with E-state index < -0.39 is 14.0 Å². The predicted octanol–water partition coefficient (Wildman–Crippen LogP) is 6.56. The zero-order valence-electron chi connectivity index (χ0n) is 26.5. The molecule has 1 N–H and O–H groups in total. The van der Waals surface area contributed by atoms with E-state index in [1.807, 2.05) is 0 Å². The average Bonchev–Trinajstić information content (AvgIpc) is 3.67. The van der Waals surface area contributed by atoms with Crippen molar-refractivity contribution in [3.8, 4) is 0 Å². The lowest BCUT2D eigenvalue weighted by atomic mass is 9.97. The number of ether oxygens (including phenoxy) is 2. The van der Waals surface area contributed by atoms with Crippen LogP contribution in [0.5, 0.6) is 0 Å². The van der Waals surface area contributed by atoms with Gasteiger partial charge in [0.25, 0.3) is 0 Å². The molecule has 0 amide bonds. The topological polar surface area (TPSA) is 115 Å². The van der Waals surface area contributed by atoms with Gasteiger partial charge in [0, 0.05) is 43.8 Å². The van der Waals surface area contributed by atoms with Crippen LogP contribution < -0.4 is 9.70 Å². The molecule has 1 aromatic carbocycles. The van der Waals surface area contributed by atoms with E-state index in [1.54, 1.807) is 18.3 Å². The minimum Gasteiger partial charge on any atom is -0.461 e. The average molecular weight is 667 g/mol. The highest BCUT2D eigenvalue weighted by atomic mass is 32.1. The molecule has 1 aliphatic heterocycles. The number of aromatic nitrogens is 4. The maximum Gasteiger partial charge on any atom is 0.358 e. The van der Waals surface area contributed by atoms with E-state index in [4.69, 9.17) is 29.6 Å². The molecular weight excluding hydrogens is 625 g/mol. The van der Waals surface area contributed by atoms with Crippen molar-refractivity contribution in [3.63, 3.8) is 0 Å². The van der Waals surface area contributed by atoms with E-state index in [0.717, 1.165) is 70.6 Å². The zero-order valence-corrected chi connectivity index (χ0v) is 29.2. The summed E-state index contributed by atoms with van der Waals surface area (Å²) in [6.07, 6.45) is 5.19. The first-order valence-electron chi connectivity index (χ1n) is 15.9. The summed E-state index contributed by atoms with van der Waals surface area (Å²) in [5, 5.41) is 19.7. The predicted molar refractivity (Wildman–Crippen MR) is 182 cm³/mol. The number of fused-ring (bicyclic) bond motifs is 2. The van der Waals surface area contributed by atoms with Gasteiger partial charge in [-0.15, -0.1) is 21.5 Å². The molecule has 0 saturated heterocycles. The van der Waals surface area contributed by atoms with Gasteiger partial charge in [0.15, 0.2) is 27.3 Å². The number of esters is 1. The number of hydrogen-bond acceptors (Lipinski definition) is 11. The van der Waals surface area contributed by atoms with Crippen LogP contribution in [0.4, 0.5) is 16.8 Å². The number of benzene rings is 1. The summed E-state index contributed by atoms with van der Waals surface area (Å²) in [6.45, 7) is 11.1. The number of aryl methyl sites for hydroxylation is 1. The van der Waals surface area contributed by atoms with Crippen LogP contribution in [0.3, 0.4) is 0 Å². The summed E-state index contributed by atoms with van der Waals surface area (Å²) in [4.78, 5) is 26.5.